The number of amides is 1. The van der Waals surface area contributed by atoms with Crippen LogP contribution in [0.4, 0.5) is 0 Å². The highest BCUT2D eigenvalue weighted by atomic mass is 127. The summed E-state index contributed by atoms with van der Waals surface area (Å²) in [6, 6.07) is 8.42. The van der Waals surface area contributed by atoms with Crippen LogP contribution in [0.2, 0.25) is 0 Å². The lowest BCUT2D eigenvalue weighted by Crippen LogP contribution is -2.50. The number of rotatable bonds is 10. The highest BCUT2D eigenvalue weighted by molar-refractivity contribution is 14.0. The predicted molar refractivity (Wildman–Crippen MR) is 137 cm³/mol. The quantitative estimate of drug-likeness (QED) is 0.237. The molecule has 172 valence electrons. The third-order valence-electron chi connectivity index (χ3n) is 5.08. The number of hydrogen-bond acceptors (Lipinski definition) is 5. The van der Waals surface area contributed by atoms with Gasteiger partial charge >= 0.3 is 0 Å². The summed E-state index contributed by atoms with van der Waals surface area (Å²) in [5, 5.41) is 12.1. The van der Waals surface area contributed by atoms with Gasteiger partial charge in [0.1, 0.15) is 5.76 Å². The summed E-state index contributed by atoms with van der Waals surface area (Å²) >= 11 is 1.72. The smallest absolute Gasteiger partial charge is 0.234 e. The van der Waals surface area contributed by atoms with Gasteiger partial charge in [0.2, 0.25) is 5.91 Å². The first-order chi connectivity index (χ1) is 14.7. The van der Waals surface area contributed by atoms with E-state index < -0.39 is 0 Å². The second-order valence-electron chi connectivity index (χ2n) is 7.55. The maximum Gasteiger partial charge on any atom is 0.234 e. The SMILES string of the molecule is CCCNC(=O)CN1CCC(NC(=NCc2cccs2)NCCc2ccco2)CC1.I. The van der Waals surface area contributed by atoms with Gasteiger partial charge in [0.25, 0.3) is 0 Å². The molecule has 3 rings (SSSR count). The number of furan rings is 1. The van der Waals surface area contributed by atoms with Crippen molar-refractivity contribution in [2.75, 3.05) is 32.7 Å². The molecule has 1 aliphatic heterocycles. The molecule has 0 aliphatic carbocycles. The summed E-state index contributed by atoms with van der Waals surface area (Å²) in [4.78, 5) is 20.2. The van der Waals surface area contributed by atoms with Crippen LogP contribution in [-0.2, 0) is 17.8 Å². The number of aliphatic imine (C=N–C) groups is 1. The van der Waals surface area contributed by atoms with Crippen molar-refractivity contribution in [1.29, 1.82) is 0 Å². The molecule has 0 unspecified atom stereocenters. The molecular weight excluding hydrogens is 525 g/mol. The summed E-state index contributed by atoms with van der Waals surface area (Å²) in [7, 11) is 0. The summed E-state index contributed by atoms with van der Waals surface area (Å²) in [5.74, 6) is 1.94. The molecule has 2 aromatic heterocycles. The number of thiophene rings is 1. The van der Waals surface area contributed by atoms with E-state index in [1.165, 1.54) is 4.88 Å². The molecule has 1 amide bonds. The van der Waals surface area contributed by atoms with Crippen molar-refractivity contribution in [2.24, 2.45) is 4.99 Å². The molecule has 3 heterocycles. The molecule has 3 N–H and O–H groups in total. The van der Waals surface area contributed by atoms with Crippen molar-refractivity contribution in [3.05, 3.63) is 46.5 Å². The van der Waals surface area contributed by atoms with Crippen molar-refractivity contribution >= 4 is 47.2 Å². The Bertz CT molecular complexity index is 759. The molecule has 0 atom stereocenters. The van der Waals surface area contributed by atoms with Crippen LogP contribution in [0.1, 0.15) is 36.8 Å². The Labute approximate surface area is 206 Å². The zero-order valence-corrected chi connectivity index (χ0v) is 21.3. The number of likely N-dealkylation sites (tertiary alicyclic amines) is 1. The Balaban J connectivity index is 0.00000341. The summed E-state index contributed by atoms with van der Waals surface area (Å²) < 4.78 is 5.42. The van der Waals surface area contributed by atoms with Gasteiger partial charge in [-0.25, -0.2) is 4.99 Å². The number of hydrogen-bond donors (Lipinski definition) is 3. The van der Waals surface area contributed by atoms with Gasteiger partial charge in [-0.2, -0.15) is 0 Å². The molecule has 9 heteroatoms. The molecule has 31 heavy (non-hydrogen) atoms. The molecule has 0 radical (unpaired) electrons. The fraction of sp³-hybridized carbons (Fsp3) is 0.545. The molecule has 1 aliphatic rings. The number of nitrogens with zero attached hydrogens (tertiary/aromatic N) is 2. The maximum absolute atomic E-state index is 11.9. The molecule has 2 aromatic rings. The van der Waals surface area contributed by atoms with Gasteiger partial charge in [0, 0.05) is 43.5 Å². The van der Waals surface area contributed by atoms with Gasteiger partial charge in [-0.05, 0) is 42.8 Å². The van der Waals surface area contributed by atoms with E-state index in [4.69, 9.17) is 9.41 Å². The number of guanidine groups is 1. The first kappa shape index (κ1) is 25.7. The van der Waals surface area contributed by atoms with Crippen LogP contribution in [0.25, 0.3) is 0 Å². The molecule has 1 saturated heterocycles. The zero-order valence-electron chi connectivity index (χ0n) is 18.1. The van der Waals surface area contributed by atoms with Gasteiger partial charge in [-0.3, -0.25) is 9.69 Å². The van der Waals surface area contributed by atoms with Crippen molar-refractivity contribution in [3.63, 3.8) is 0 Å². The minimum absolute atomic E-state index is 0. The third-order valence-corrected chi connectivity index (χ3v) is 5.95. The lowest BCUT2D eigenvalue weighted by atomic mass is 10.1. The fourth-order valence-corrected chi connectivity index (χ4v) is 4.05. The predicted octanol–water partition coefficient (Wildman–Crippen LogP) is 3.23. The number of halogens is 1. The Kier molecular flexibility index (Phi) is 12.0. The number of piperidine rings is 1. The van der Waals surface area contributed by atoms with Crippen molar-refractivity contribution in [3.8, 4) is 0 Å². The molecule has 0 aromatic carbocycles. The van der Waals surface area contributed by atoms with Crippen LogP contribution < -0.4 is 16.0 Å². The standard InChI is InChI=1S/C22H33N5O2S.HI/c1-2-10-23-21(28)17-27-12-8-18(9-13-27)26-22(25-16-20-6-4-15-30-20)24-11-7-19-5-3-14-29-19;/h3-6,14-15,18H,2,7-13,16-17H2,1H3,(H,23,28)(H2,24,25,26);1H. The minimum atomic E-state index is 0. The normalized spacial score (nSPS) is 15.3. The van der Waals surface area contributed by atoms with Crippen molar-refractivity contribution in [2.45, 2.75) is 45.2 Å². The Morgan fingerprint density at radius 3 is 2.74 bits per heavy atom. The third kappa shape index (κ3) is 9.61. The highest BCUT2D eigenvalue weighted by Gasteiger charge is 2.21. The molecule has 1 fully saturated rings. The van der Waals surface area contributed by atoms with Gasteiger partial charge in [0.05, 0.1) is 19.4 Å². The largest absolute Gasteiger partial charge is 0.469 e. The van der Waals surface area contributed by atoms with Crippen LogP contribution in [0.15, 0.2) is 45.3 Å². The molecule has 7 nitrogen and oxygen atoms in total. The molecule has 0 spiro atoms. The molecule has 0 bridgehead atoms. The average molecular weight is 560 g/mol. The molecule has 0 saturated carbocycles. The first-order valence-corrected chi connectivity index (χ1v) is 11.7. The number of carbonyl (C=O) groups is 1. The summed E-state index contributed by atoms with van der Waals surface area (Å²) in [6.45, 7) is 6.59. The van der Waals surface area contributed by atoms with Crippen molar-refractivity contribution < 1.29 is 9.21 Å². The average Bonchev–Trinajstić information content (AvgIpc) is 3.46. The Morgan fingerprint density at radius 1 is 1.23 bits per heavy atom. The lowest BCUT2D eigenvalue weighted by molar-refractivity contribution is -0.122. The number of carbonyl (C=O) groups excluding carboxylic acids is 1. The summed E-state index contributed by atoms with van der Waals surface area (Å²) in [6.07, 6.45) is 5.49. The fourth-order valence-electron chi connectivity index (χ4n) is 3.42. The topological polar surface area (TPSA) is 81.9 Å². The Morgan fingerprint density at radius 2 is 2.06 bits per heavy atom. The van der Waals surface area contributed by atoms with Crippen molar-refractivity contribution in [1.82, 2.24) is 20.9 Å². The van der Waals surface area contributed by atoms with E-state index in [9.17, 15) is 4.79 Å². The molecular formula is C22H34IN5O2S. The van der Waals surface area contributed by atoms with E-state index in [1.807, 2.05) is 12.1 Å². The van der Waals surface area contributed by atoms with Gasteiger partial charge < -0.3 is 20.4 Å². The maximum atomic E-state index is 11.9. The van der Waals surface area contributed by atoms with Crippen LogP contribution in [0, 0.1) is 0 Å². The van der Waals surface area contributed by atoms with Crippen LogP contribution in [-0.4, -0.2) is 55.5 Å². The Hall–Kier alpha value is -1.59. The second-order valence-corrected chi connectivity index (χ2v) is 8.58. The van der Waals surface area contributed by atoms with Crippen LogP contribution in [0.5, 0.6) is 0 Å². The monoisotopic (exact) mass is 559 g/mol. The van der Waals surface area contributed by atoms with Crippen LogP contribution >= 0.6 is 35.3 Å². The van der Waals surface area contributed by atoms with E-state index in [-0.39, 0.29) is 29.9 Å². The lowest BCUT2D eigenvalue weighted by Gasteiger charge is -2.32. The van der Waals surface area contributed by atoms with E-state index in [1.54, 1.807) is 17.6 Å². The zero-order chi connectivity index (χ0) is 21.0. The minimum Gasteiger partial charge on any atom is -0.469 e. The van der Waals surface area contributed by atoms with Gasteiger partial charge in [-0.1, -0.05) is 13.0 Å². The van der Waals surface area contributed by atoms with Crippen LogP contribution in [0.3, 0.4) is 0 Å². The van der Waals surface area contributed by atoms with E-state index in [0.717, 1.165) is 63.6 Å². The van der Waals surface area contributed by atoms with Gasteiger partial charge in [0.15, 0.2) is 5.96 Å². The van der Waals surface area contributed by atoms with E-state index in [0.29, 0.717) is 19.1 Å². The second kappa shape index (κ2) is 14.5. The van der Waals surface area contributed by atoms with Gasteiger partial charge in [-0.15, -0.1) is 35.3 Å². The highest BCUT2D eigenvalue weighted by Crippen LogP contribution is 2.12. The number of nitrogens with one attached hydrogen (secondary N) is 3. The summed E-state index contributed by atoms with van der Waals surface area (Å²) in [5.41, 5.74) is 0. The van der Waals surface area contributed by atoms with E-state index >= 15 is 0 Å². The first-order valence-electron chi connectivity index (χ1n) is 10.8. The van der Waals surface area contributed by atoms with E-state index in [2.05, 4.69) is 45.3 Å².